The SMILES string of the molecule is CN(C)CCN=C1c2nccc(NCCN(C)C)c2C(=O)c2cc3ccccc3c(O)c21. The molecule has 0 bridgehead atoms. The molecule has 1 aromatic heterocycles. The molecule has 2 N–H and O–H groups in total. The van der Waals surface area contributed by atoms with Crippen LogP contribution in [0.4, 0.5) is 5.69 Å². The first-order valence-electron chi connectivity index (χ1n) is 10.8. The van der Waals surface area contributed by atoms with Crippen LogP contribution in [-0.2, 0) is 0 Å². The molecule has 4 rings (SSSR count). The number of aromatic nitrogens is 1. The van der Waals surface area contributed by atoms with Gasteiger partial charge in [-0.3, -0.25) is 14.8 Å². The molecule has 0 aliphatic heterocycles. The van der Waals surface area contributed by atoms with Crippen molar-refractivity contribution in [3.05, 3.63) is 65.0 Å². The third-order valence-corrected chi connectivity index (χ3v) is 5.60. The molecule has 1 aliphatic carbocycles. The Kier molecular flexibility index (Phi) is 6.21. The van der Waals surface area contributed by atoms with Crippen LogP contribution < -0.4 is 5.32 Å². The molecule has 0 amide bonds. The summed E-state index contributed by atoms with van der Waals surface area (Å²) in [4.78, 5) is 27.2. The van der Waals surface area contributed by atoms with Crippen LogP contribution >= 0.6 is 0 Å². The first-order chi connectivity index (χ1) is 15.4. The minimum Gasteiger partial charge on any atom is -0.507 e. The molecule has 2 aromatic carbocycles. The fourth-order valence-corrected chi connectivity index (χ4v) is 3.95. The Balaban J connectivity index is 1.90. The Hall–Kier alpha value is -3.29. The van der Waals surface area contributed by atoms with Crippen molar-refractivity contribution in [3.63, 3.8) is 0 Å². The van der Waals surface area contributed by atoms with E-state index in [1.807, 2.05) is 69.5 Å². The van der Waals surface area contributed by atoms with Gasteiger partial charge < -0.3 is 20.2 Å². The highest BCUT2D eigenvalue weighted by Crippen LogP contribution is 2.39. The van der Waals surface area contributed by atoms with Gasteiger partial charge in [-0.2, -0.15) is 0 Å². The van der Waals surface area contributed by atoms with Gasteiger partial charge in [0.05, 0.1) is 23.4 Å². The van der Waals surface area contributed by atoms with E-state index < -0.39 is 0 Å². The van der Waals surface area contributed by atoms with Gasteiger partial charge in [0.2, 0.25) is 0 Å². The smallest absolute Gasteiger partial charge is 0.198 e. The molecule has 3 aromatic rings. The maximum Gasteiger partial charge on any atom is 0.198 e. The highest BCUT2D eigenvalue weighted by atomic mass is 16.3. The molecule has 1 aliphatic rings. The summed E-state index contributed by atoms with van der Waals surface area (Å²) in [6.07, 6.45) is 1.69. The predicted molar refractivity (Wildman–Crippen MR) is 129 cm³/mol. The largest absolute Gasteiger partial charge is 0.507 e. The van der Waals surface area contributed by atoms with Crippen LogP contribution in [0.2, 0.25) is 0 Å². The molecular weight excluding hydrogens is 402 g/mol. The lowest BCUT2D eigenvalue weighted by atomic mass is 9.83. The van der Waals surface area contributed by atoms with Crippen LogP contribution in [0.1, 0.15) is 27.2 Å². The second-order valence-corrected chi connectivity index (χ2v) is 8.54. The normalized spacial score (nSPS) is 14.3. The van der Waals surface area contributed by atoms with Gasteiger partial charge in [-0.05, 0) is 45.7 Å². The zero-order valence-electron chi connectivity index (χ0n) is 19.0. The standard InChI is InChI=1S/C25H29N5O2/c1-29(2)13-11-26-19-9-10-27-23-21(19)25(32)18-15-16-7-5-6-8-17(16)24(31)20(18)22(23)28-12-14-30(3)4/h5-10,15,31H,11-14H2,1-4H3,(H,26,27). The van der Waals surface area contributed by atoms with Gasteiger partial charge in [0.1, 0.15) is 11.4 Å². The molecular formula is C25H29N5O2. The van der Waals surface area contributed by atoms with Crippen molar-refractivity contribution in [2.24, 2.45) is 4.99 Å². The summed E-state index contributed by atoms with van der Waals surface area (Å²) in [5.74, 6) is -0.0726. The first kappa shape index (κ1) is 21.9. The van der Waals surface area contributed by atoms with Crippen molar-refractivity contribution in [2.45, 2.75) is 0 Å². The highest BCUT2D eigenvalue weighted by Gasteiger charge is 2.34. The Morgan fingerprint density at radius 1 is 1.03 bits per heavy atom. The van der Waals surface area contributed by atoms with Gasteiger partial charge in [0, 0.05) is 42.5 Å². The van der Waals surface area contributed by atoms with E-state index in [4.69, 9.17) is 4.99 Å². The van der Waals surface area contributed by atoms with E-state index in [-0.39, 0.29) is 11.5 Å². The van der Waals surface area contributed by atoms with Crippen LogP contribution in [0, 0.1) is 0 Å². The number of aromatic hydroxyl groups is 1. The van der Waals surface area contributed by atoms with Gasteiger partial charge in [-0.15, -0.1) is 0 Å². The first-order valence-corrected chi connectivity index (χ1v) is 10.8. The molecule has 0 fully saturated rings. The molecule has 1 heterocycles. The maximum absolute atomic E-state index is 13.7. The zero-order chi connectivity index (χ0) is 22.8. The summed E-state index contributed by atoms with van der Waals surface area (Å²) in [7, 11) is 7.99. The van der Waals surface area contributed by atoms with E-state index in [1.54, 1.807) is 6.20 Å². The molecule has 0 radical (unpaired) electrons. The lowest BCUT2D eigenvalue weighted by Crippen LogP contribution is -2.27. The number of nitrogens with zero attached hydrogens (tertiary/aromatic N) is 4. The lowest BCUT2D eigenvalue weighted by molar-refractivity contribution is 0.103. The third-order valence-electron chi connectivity index (χ3n) is 5.60. The Morgan fingerprint density at radius 2 is 1.78 bits per heavy atom. The number of hydrogen-bond acceptors (Lipinski definition) is 7. The predicted octanol–water partition coefficient (Wildman–Crippen LogP) is 2.86. The van der Waals surface area contributed by atoms with Crippen LogP contribution in [0.15, 0.2) is 47.6 Å². The minimum absolute atomic E-state index is 0.0773. The Labute approximate surface area is 188 Å². The van der Waals surface area contributed by atoms with E-state index in [0.717, 1.165) is 24.2 Å². The second kappa shape index (κ2) is 9.06. The van der Waals surface area contributed by atoms with Crippen molar-refractivity contribution in [3.8, 4) is 5.75 Å². The Bertz CT molecular complexity index is 1200. The average Bonchev–Trinajstić information content (AvgIpc) is 2.76. The quantitative estimate of drug-likeness (QED) is 0.468. The fraction of sp³-hybridized carbons (Fsp3) is 0.320. The number of anilines is 1. The molecule has 0 spiro atoms. The van der Waals surface area contributed by atoms with Gasteiger partial charge in [0.25, 0.3) is 0 Å². The molecule has 32 heavy (non-hydrogen) atoms. The van der Waals surface area contributed by atoms with Crippen LogP contribution in [-0.4, -0.2) is 85.8 Å². The number of nitrogens with one attached hydrogen (secondary N) is 1. The topological polar surface area (TPSA) is 81.1 Å². The van der Waals surface area contributed by atoms with Crippen LogP contribution in [0.25, 0.3) is 10.8 Å². The van der Waals surface area contributed by atoms with Gasteiger partial charge in [0.15, 0.2) is 5.78 Å². The molecule has 7 heteroatoms. The number of likely N-dealkylation sites (N-methyl/N-ethyl adjacent to an activating group) is 2. The summed E-state index contributed by atoms with van der Waals surface area (Å²) in [5.41, 5.74) is 3.26. The molecule has 0 unspecified atom stereocenters. The number of phenols is 1. The summed E-state index contributed by atoms with van der Waals surface area (Å²) < 4.78 is 0. The number of ketones is 1. The van der Waals surface area contributed by atoms with E-state index in [2.05, 4.69) is 15.2 Å². The second-order valence-electron chi connectivity index (χ2n) is 8.54. The monoisotopic (exact) mass is 431 g/mol. The highest BCUT2D eigenvalue weighted by molar-refractivity contribution is 6.33. The van der Waals surface area contributed by atoms with Crippen molar-refractivity contribution in [1.29, 1.82) is 0 Å². The lowest BCUT2D eigenvalue weighted by Gasteiger charge is -2.24. The zero-order valence-corrected chi connectivity index (χ0v) is 19.0. The van der Waals surface area contributed by atoms with Crippen molar-refractivity contribution >= 4 is 28.0 Å². The van der Waals surface area contributed by atoms with Gasteiger partial charge in [-0.1, -0.05) is 24.3 Å². The Morgan fingerprint density at radius 3 is 2.53 bits per heavy atom. The number of carbonyl (C=O) groups is 1. The summed E-state index contributed by atoms with van der Waals surface area (Å²) in [5, 5.41) is 16.1. The number of benzene rings is 2. The molecule has 7 nitrogen and oxygen atoms in total. The van der Waals surface area contributed by atoms with E-state index >= 15 is 0 Å². The van der Waals surface area contributed by atoms with Crippen molar-refractivity contribution < 1.29 is 9.90 Å². The van der Waals surface area contributed by atoms with Gasteiger partial charge in [-0.25, -0.2) is 0 Å². The number of fused-ring (bicyclic) bond motifs is 3. The number of hydrogen-bond donors (Lipinski definition) is 2. The maximum atomic E-state index is 13.7. The van der Waals surface area contributed by atoms with Gasteiger partial charge >= 0.3 is 0 Å². The average molecular weight is 432 g/mol. The molecule has 0 atom stereocenters. The number of rotatable bonds is 7. The number of phenolic OH excluding ortho intramolecular Hbond substituents is 1. The molecule has 0 saturated heterocycles. The van der Waals surface area contributed by atoms with Crippen LogP contribution in [0.5, 0.6) is 5.75 Å². The third kappa shape index (κ3) is 4.09. The summed E-state index contributed by atoms with van der Waals surface area (Å²) in [6.45, 7) is 2.80. The molecule has 0 saturated carbocycles. The number of pyridine rings is 1. The van der Waals surface area contributed by atoms with E-state index in [0.29, 0.717) is 46.6 Å². The summed E-state index contributed by atoms with van der Waals surface area (Å²) in [6, 6.07) is 11.2. The van der Waals surface area contributed by atoms with Crippen molar-refractivity contribution in [2.75, 3.05) is 59.7 Å². The molecule has 166 valence electrons. The van der Waals surface area contributed by atoms with Crippen molar-refractivity contribution in [1.82, 2.24) is 14.8 Å². The number of aliphatic imine (C=N–C) groups is 1. The fourth-order valence-electron chi connectivity index (χ4n) is 3.95. The van der Waals surface area contributed by atoms with Crippen LogP contribution in [0.3, 0.4) is 0 Å². The van der Waals surface area contributed by atoms with E-state index in [9.17, 15) is 9.90 Å². The number of carbonyl (C=O) groups excluding carboxylic acids is 1. The minimum atomic E-state index is -0.150. The van der Waals surface area contributed by atoms with E-state index in [1.165, 1.54) is 0 Å². The summed E-state index contributed by atoms with van der Waals surface area (Å²) >= 11 is 0.